The summed E-state index contributed by atoms with van der Waals surface area (Å²) in [6.07, 6.45) is 6.36. The first-order valence-corrected chi connectivity index (χ1v) is 7.22. The number of hydrogen-bond acceptors (Lipinski definition) is 2. The smallest absolute Gasteiger partial charge is 0.335 e. The van der Waals surface area contributed by atoms with Gasteiger partial charge in [-0.05, 0) is 61.3 Å². The minimum atomic E-state index is -0.973. The quantitative estimate of drug-likeness (QED) is 0.866. The Hall–Kier alpha value is -1.84. The maximum absolute atomic E-state index is 12.1. The zero-order valence-corrected chi connectivity index (χ0v) is 11.4. The number of amides is 1. The first kappa shape index (κ1) is 13.2. The lowest BCUT2D eigenvalue weighted by atomic mass is 9.65. The van der Waals surface area contributed by atoms with Crippen LogP contribution in [0.15, 0.2) is 24.3 Å². The summed E-state index contributed by atoms with van der Waals surface area (Å²) in [6.45, 7) is 0.761. The van der Waals surface area contributed by atoms with Crippen molar-refractivity contribution < 1.29 is 14.7 Å². The zero-order chi connectivity index (χ0) is 14.2. The van der Waals surface area contributed by atoms with Gasteiger partial charge in [0.15, 0.2) is 0 Å². The van der Waals surface area contributed by atoms with Crippen molar-refractivity contribution in [2.75, 3.05) is 6.54 Å². The molecule has 0 radical (unpaired) electrons. The molecule has 4 heteroatoms. The summed E-state index contributed by atoms with van der Waals surface area (Å²) in [4.78, 5) is 22.9. The van der Waals surface area contributed by atoms with Crippen LogP contribution in [0.1, 0.15) is 52.8 Å². The summed E-state index contributed by atoms with van der Waals surface area (Å²) in [5.41, 5.74) is 1.09. The van der Waals surface area contributed by atoms with E-state index in [-0.39, 0.29) is 11.5 Å². The molecule has 1 amide bonds. The van der Waals surface area contributed by atoms with Gasteiger partial charge in [0.1, 0.15) is 0 Å². The summed E-state index contributed by atoms with van der Waals surface area (Å²) in [5.74, 6) is -0.265. The van der Waals surface area contributed by atoms with Gasteiger partial charge in [-0.1, -0.05) is 6.42 Å². The maximum atomic E-state index is 12.1. The van der Waals surface area contributed by atoms with E-state index in [0.717, 1.165) is 12.5 Å². The monoisotopic (exact) mass is 273 g/mol. The molecule has 4 nitrogen and oxygen atoms in total. The lowest BCUT2D eigenvalue weighted by Gasteiger charge is -2.42. The van der Waals surface area contributed by atoms with Crippen LogP contribution in [-0.4, -0.2) is 23.5 Å². The molecular formula is C16H19NO3. The number of carboxylic acids is 1. The number of rotatable bonds is 5. The predicted molar refractivity (Wildman–Crippen MR) is 74.7 cm³/mol. The lowest BCUT2D eigenvalue weighted by molar-refractivity contribution is 0.0695. The van der Waals surface area contributed by atoms with Crippen molar-refractivity contribution in [1.82, 2.24) is 5.32 Å². The van der Waals surface area contributed by atoms with Crippen molar-refractivity contribution in [2.24, 2.45) is 11.3 Å². The molecule has 1 aromatic carbocycles. The molecule has 2 fully saturated rings. The number of aromatic carboxylic acids is 1. The Morgan fingerprint density at radius 1 is 1.15 bits per heavy atom. The van der Waals surface area contributed by atoms with Gasteiger partial charge in [0.05, 0.1) is 5.56 Å². The van der Waals surface area contributed by atoms with E-state index >= 15 is 0 Å². The largest absolute Gasteiger partial charge is 0.478 e. The summed E-state index contributed by atoms with van der Waals surface area (Å²) in [5, 5.41) is 11.9. The van der Waals surface area contributed by atoms with Crippen LogP contribution in [0.3, 0.4) is 0 Å². The van der Waals surface area contributed by atoms with E-state index in [0.29, 0.717) is 11.0 Å². The second kappa shape index (κ2) is 4.93. The van der Waals surface area contributed by atoms with Gasteiger partial charge in [-0.2, -0.15) is 0 Å². The zero-order valence-electron chi connectivity index (χ0n) is 11.4. The van der Waals surface area contributed by atoms with Gasteiger partial charge in [0.2, 0.25) is 0 Å². The Morgan fingerprint density at radius 2 is 1.75 bits per heavy atom. The molecular weight excluding hydrogens is 254 g/mol. The van der Waals surface area contributed by atoms with Gasteiger partial charge in [0, 0.05) is 12.1 Å². The van der Waals surface area contributed by atoms with Crippen molar-refractivity contribution in [3.8, 4) is 0 Å². The van der Waals surface area contributed by atoms with Crippen LogP contribution in [0, 0.1) is 11.3 Å². The van der Waals surface area contributed by atoms with Gasteiger partial charge in [-0.3, -0.25) is 4.79 Å². The van der Waals surface area contributed by atoms with Gasteiger partial charge < -0.3 is 10.4 Å². The molecule has 20 heavy (non-hydrogen) atoms. The fraction of sp³-hybridized carbons (Fsp3) is 0.500. The van der Waals surface area contributed by atoms with Gasteiger partial charge in [0.25, 0.3) is 5.91 Å². The number of carbonyl (C=O) groups excluding carboxylic acids is 1. The molecule has 0 spiro atoms. The Labute approximate surface area is 118 Å². The highest BCUT2D eigenvalue weighted by Gasteiger charge is 2.48. The van der Waals surface area contributed by atoms with Gasteiger partial charge in [-0.15, -0.1) is 0 Å². The van der Waals surface area contributed by atoms with Crippen LogP contribution in [0.5, 0.6) is 0 Å². The van der Waals surface area contributed by atoms with E-state index < -0.39 is 5.97 Å². The Balaban J connectivity index is 1.60. The third-order valence-electron chi connectivity index (χ3n) is 4.79. The van der Waals surface area contributed by atoms with E-state index in [1.807, 2.05) is 0 Å². The number of nitrogens with one attached hydrogen (secondary N) is 1. The molecule has 0 atom stereocenters. The molecule has 0 saturated heterocycles. The standard InChI is InChI=1S/C16H19NO3/c18-14(11-2-4-12(5-3-11)15(19)20)17-10-16(8-1-9-16)13-6-7-13/h2-5,13H,1,6-10H2,(H,17,18)(H,19,20). The van der Waals surface area contributed by atoms with E-state index in [1.165, 1.54) is 44.2 Å². The van der Waals surface area contributed by atoms with Gasteiger partial charge in [-0.25, -0.2) is 4.79 Å². The summed E-state index contributed by atoms with van der Waals surface area (Å²) >= 11 is 0. The number of benzene rings is 1. The molecule has 1 aromatic rings. The average molecular weight is 273 g/mol. The highest BCUT2D eigenvalue weighted by atomic mass is 16.4. The van der Waals surface area contributed by atoms with Crippen molar-refractivity contribution in [3.05, 3.63) is 35.4 Å². The topological polar surface area (TPSA) is 66.4 Å². The maximum Gasteiger partial charge on any atom is 0.335 e. The predicted octanol–water partition coefficient (Wildman–Crippen LogP) is 2.69. The van der Waals surface area contributed by atoms with Crippen LogP contribution >= 0.6 is 0 Å². The Morgan fingerprint density at radius 3 is 2.20 bits per heavy atom. The molecule has 2 aliphatic rings. The molecule has 0 unspecified atom stereocenters. The van der Waals surface area contributed by atoms with E-state index in [9.17, 15) is 9.59 Å². The third kappa shape index (κ3) is 2.42. The van der Waals surface area contributed by atoms with Crippen molar-refractivity contribution >= 4 is 11.9 Å². The molecule has 2 aliphatic carbocycles. The number of carboxylic acid groups (broad SMARTS) is 1. The highest BCUT2D eigenvalue weighted by Crippen LogP contribution is 2.56. The van der Waals surface area contributed by atoms with Crippen LogP contribution in [0.4, 0.5) is 0 Å². The number of hydrogen-bond donors (Lipinski definition) is 2. The van der Waals surface area contributed by atoms with Crippen molar-refractivity contribution in [3.63, 3.8) is 0 Å². The van der Waals surface area contributed by atoms with Crippen LogP contribution in [-0.2, 0) is 0 Å². The van der Waals surface area contributed by atoms with Crippen LogP contribution in [0.2, 0.25) is 0 Å². The minimum absolute atomic E-state index is 0.103. The van der Waals surface area contributed by atoms with Crippen molar-refractivity contribution in [2.45, 2.75) is 32.1 Å². The second-order valence-electron chi connectivity index (χ2n) is 6.06. The third-order valence-corrected chi connectivity index (χ3v) is 4.79. The molecule has 2 saturated carbocycles. The highest BCUT2D eigenvalue weighted by molar-refractivity contribution is 5.95. The average Bonchev–Trinajstić information content (AvgIpc) is 3.22. The molecule has 2 N–H and O–H groups in total. The first-order valence-electron chi connectivity index (χ1n) is 7.22. The molecule has 106 valence electrons. The minimum Gasteiger partial charge on any atom is -0.478 e. The molecule has 0 heterocycles. The molecule has 0 bridgehead atoms. The summed E-state index contributed by atoms with van der Waals surface area (Å²) in [7, 11) is 0. The fourth-order valence-electron chi connectivity index (χ4n) is 3.18. The summed E-state index contributed by atoms with van der Waals surface area (Å²) < 4.78 is 0. The Bertz CT molecular complexity index is 527. The Kier molecular flexibility index (Phi) is 3.24. The van der Waals surface area contributed by atoms with E-state index in [4.69, 9.17) is 5.11 Å². The van der Waals surface area contributed by atoms with Crippen molar-refractivity contribution in [1.29, 1.82) is 0 Å². The molecule has 0 aromatic heterocycles. The van der Waals surface area contributed by atoms with Gasteiger partial charge >= 0.3 is 5.97 Å². The first-order chi connectivity index (χ1) is 9.61. The number of carbonyl (C=O) groups is 2. The SMILES string of the molecule is O=C(O)c1ccc(C(=O)NCC2(C3CC3)CCC2)cc1. The van der Waals surface area contributed by atoms with Crippen LogP contribution in [0.25, 0.3) is 0 Å². The lowest BCUT2D eigenvalue weighted by Crippen LogP contribution is -2.43. The normalized spacial score (nSPS) is 20.0. The second-order valence-corrected chi connectivity index (χ2v) is 6.06. The fourth-order valence-corrected chi connectivity index (χ4v) is 3.18. The summed E-state index contributed by atoms with van der Waals surface area (Å²) in [6, 6.07) is 6.08. The molecule has 3 rings (SSSR count). The molecule has 0 aliphatic heterocycles. The van der Waals surface area contributed by atoms with Crippen LogP contribution < -0.4 is 5.32 Å². The van der Waals surface area contributed by atoms with E-state index in [1.54, 1.807) is 12.1 Å². The van der Waals surface area contributed by atoms with E-state index in [2.05, 4.69) is 5.32 Å².